The number of amides is 1. The van der Waals surface area contributed by atoms with Gasteiger partial charge in [0.2, 0.25) is 0 Å². The molecule has 114 valence electrons. The van der Waals surface area contributed by atoms with Crippen LogP contribution >= 0.6 is 0 Å². The highest BCUT2D eigenvalue weighted by atomic mass is 16.2. The van der Waals surface area contributed by atoms with Crippen LogP contribution in [0.25, 0.3) is 17.0 Å². The van der Waals surface area contributed by atoms with Gasteiger partial charge in [-0.2, -0.15) is 5.10 Å². The summed E-state index contributed by atoms with van der Waals surface area (Å²) in [6.45, 7) is 3.86. The molecular weight excluding hydrogens is 290 g/mol. The van der Waals surface area contributed by atoms with Crippen molar-refractivity contribution in [2.75, 3.05) is 0 Å². The summed E-state index contributed by atoms with van der Waals surface area (Å²) in [5.41, 5.74) is 8.79. The molecule has 6 heteroatoms. The number of hydrogen-bond acceptors (Lipinski definition) is 4. The Morgan fingerprint density at radius 1 is 1.04 bits per heavy atom. The first-order valence-corrected chi connectivity index (χ1v) is 7.00. The molecule has 0 fully saturated rings. The molecule has 3 N–H and O–H groups in total. The van der Waals surface area contributed by atoms with Gasteiger partial charge in [0.05, 0.1) is 11.4 Å². The van der Waals surface area contributed by atoms with Gasteiger partial charge < -0.3 is 0 Å². The molecule has 2 aromatic heterocycles. The van der Waals surface area contributed by atoms with Crippen LogP contribution in [0.3, 0.4) is 0 Å². The Hall–Kier alpha value is -3.41. The second-order valence-corrected chi connectivity index (χ2v) is 4.83. The molecule has 0 bridgehead atoms. The highest BCUT2D eigenvalue weighted by Gasteiger charge is 2.11. The molecule has 1 amide bonds. The molecule has 0 radical (unpaired) electrons. The third-order valence-corrected chi connectivity index (χ3v) is 3.25. The topological polar surface area (TPSA) is 82.7 Å². The monoisotopic (exact) mass is 305 g/mol. The standard InChI is InChI=1S/C17H15N5O/c1-12(13-7-9-18-10-8-13)19-22-17(23)16-11-15(20-21-16)14-5-3-2-4-6-14/h2-11,19H,1H2,(H,20,21)(H,22,23). The number of pyridine rings is 1. The number of rotatable bonds is 5. The second-order valence-electron chi connectivity index (χ2n) is 4.83. The zero-order valence-electron chi connectivity index (χ0n) is 12.3. The number of carbonyl (C=O) groups is 1. The van der Waals surface area contributed by atoms with E-state index < -0.39 is 0 Å². The molecule has 3 rings (SSSR count). The van der Waals surface area contributed by atoms with Crippen LogP contribution in [0.1, 0.15) is 16.1 Å². The van der Waals surface area contributed by atoms with Crippen LogP contribution in [0.15, 0.2) is 67.5 Å². The lowest BCUT2D eigenvalue weighted by Gasteiger charge is -2.09. The average molecular weight is 305 g/mol. The quantitative estimate of drug-likeness (QED) is 0.632. The van der Waals surface area contributed by atoms with Crippen molar-refractivity contribution < 1.29 is 4.79 Å². The molecular formula is C17H15N5O. The molecule has 0 saturated heterocycles. The van der Waals surface area contributed by atoms with Crippen molar-refractivity contribution in [2.24, 2.45) is 0 Å². The van der Waals surface area contributed by atoms with Crippen molar-refractivity contribution in [1.82, 2.24) is 26.0 Å². The third-order valence-electron chi connectivity index (χ3n) is 3.25. The van der Waals surface area contributed by atoms with Crippen LogP contribution in [-0.2, 0) is 0 Å². The van der Waals surface area contributed by atoms with E-state index in [1.807, 2.05) is 30.3 Å². The van der Waals surface area contributed by atoms with Crippen molar-refractivity contribution in [1.29, 1.82) is 0 Å². The second kappa shape index (κ2) is 6.57. The van der Waals surface area contributed by atoms with E-state index in [-0.39, 0.29) is 5.91 Å². The number of benzene rings is 1. The van der Waals surface area contributed by atoms with Crippen molar-refractivity contribution in [3.63, 3.8) is 0 Å². The van der Waals surface area contributed by atoms with Crippen LogP contribution in [-0.4, -0.2) is 21.1 Å². The molecule has 0 unspecified atom stereocenters. The minimum atomic E-state index is -0.324. The summed E-state index contributed by atoms with van der Waals surface area (Å²) in [5.74, 6) is -0.324. The predicted molar refractivity (Wildman–Crippen MR) is 87.9 cm³/mol. The fraction of sp³-hybridized carbons (Fsp3) is 0. The number of carbonyl (C=O) groups excluding carboxylic acids is 1. The van der Waals surface area contributed by atoms with Crippen LogP contribution < -0.4 is 10.9 Å². The van der Waals surface area contributed by atoms with Gasteiger partial charge in [0, 0.05) is 23.5 Å². The first-order valence-electron chi connectivity index (χ1n) is 7.00. The van der Waals surface area contributed by atoms with Gasteiger partial charge in [-0.15, -0.1) is 0 Å². The third kappa shape index (κ3) is 3.44. The molecule has 6 nitrogen and oxygen atoms in total. The van der Waals surface area contributed by atoms with Gasteiger partial charge >= 0.3 is 0 Å². The predicted octanol–water partition coefficient (Wildman–Crippen LogP) is 2.38. The summed E-state index contributed by atoms with van der Waals surface area (Å²) in [7, 11) is 0. The van der Waals surface area contributed by atoms with E-state index >= 15 is 0 Å². The number of nitrogens with zero attached hydrogens (tertiary/aromatic N) is 2. The molecule has 3 aromatic rings. The first-order chi connectivity index (χ1) is 11.2. The number of aromatic nitrogens is 3. The molecule has 23 heavy (non-hydrogen) atoms. The van der Waals surface area contributed by atoms with Gasteiger partial charge in [-0.1, -0.05) is 36.9 Å². The van der Waals surface area contributed by atoms with E-state index in [2.05, 4.69) is 32.6 Å². The van der Waals surface area contributed by atoms with E-state index in [4.69, 9.17) is 0 Å². The first kappa shape index (κ1) is 14.5. The van der Waals surface area contributed by atoms with Crippen LogP contribution in [0.5, 0.6) is 0 Å². The van der Waals surface area contributed by atoms with E-state index in [1.54, 1.807) is 30.6 Å². The van der Waals surface area contributed by atoms with E-state index in [1.165, 1.54) is 0 Å². The van der Waals surface area contributed by atoms with Gasteiger partial charge in [0.25, 0.3) is 5.91 Å². The van der Waals surface area contributed by atoms with Gasteiger partial charge in [-0.25, -0.2) is 0 Å². The maximum Gasteiger partial charge on any atom is 0.287 e. The average Bonchev–Trinajstić information content (AvgIpc) is 3.11. The van der Waals surface area contributed by atoms with Crippen LogP contribution in [0, 0.1) is 0 Å². The summed E-state index contributed by atoms with van der Waals surface area (Å²) in [5, 5.41) is 6.87. The van der Waals surface area contributed by atoms with E-state index in [0.29, 0.717) is 17.1 Å². The number of nitrogens with one attached hydrogen (secondary N) is 3. The Balaban J connectivity index is 1.63. The lowest BCUT2D eigenvalue weighted by Crippen LogP contribution is -2.36. The summed E-state index contributed by atoms with van der Waals surface area (Å²) in [6, 6.07) is 14.9. The lowest BCUT2D eigenvalue weighted by atomic mass is 10.1. The van der Waals surface area contributed by atoms with Crippen molar-refractivity contribution in [3.05, 3.63) is 78.8 Å². The molecule has 0 saturated carbocycles. The maximum absolute atomic E-state index is 12.1. The summed E-state index contributed by atoms with van der Waals surface area (Å²) in [4.78, 5) is 16.1. The zero-order valence-corrected chi connectivity index (χ0v) is 12.3. The number of H-pyrrole nitrogens is 1. The number of hydrazine groups is 1. The minimum Gasteiger partial charge on any atom is -0.298 e. The Labute approximate surface area is 133 Å². The molecule has 0 aliphatic carbocycles. The van der Waals surface area contributed by atoms with Crippen LogP contribution in [0.2, 0.25) is 0 Å². The van der Waals surface area contributed by atoms with Gasteiger partial charge in [0.15, 0.2) is 0 Å². The largest absolute Gasteiger partial charge is 0.298 e. The Kier molecular flexibility index (Phi) is 4.15. The minimum absolute atomic E-state index is 0.324. The zero-order chi connectivity index (χ0) is 16.1. The van der Waals surface area contributed by atoms with E-state index in [0.717, 1.165) is 11.1 Å². The fourth-order valence-corrected chi connectivity index (χ4v) is 2.02. The SMILES string of the molecule is C=C(NNC(=O)c1cc(-c2ccccc2)n[nH]1)c1ccncc1. The van der Waals surface area contributed by atoms with Crippen molar-refractivity contribution in [3.8, 4) is 11.3 Å². The highest BCUT2D eigenvalue weighted by Crippen LogP contribution is 2.16. The van der Waals surface area contributed by atoms with Gasteiger partial charge in [-0.3, -0.25) is 25.7 Å². The highest BCUT2D eigenvalue weighted by molar-refractivity contribution is 5.93. The Morgan fingerprint density at radius 2 is 1.78 bits per heavy atom. The fourth-order valence-electron chi connectivity index (χ4n) is 2.02. The smallest absolute Gasteiger partial charge is 0.287 e. The van der Waals surface area contributed by atoms with Crippen molar-refractivity contribution >= 4 is 11.6 Å². The molecule has 0 aliphatic heterocycles. The summed E-state index contributed by atoms with van der Waals surface area (Å²) in [6.07, 6.45) is 3.32. The molecule has 1 aromatic carbocycles. The lowest BCUT2D eigenvalue weighted by molar-refractivity contribution is 0.0937. The molecule has 0 aliphatic rings. The van der Waals surface area contributed by atoms with E-state index in [9.17, 15) is 4.79 Å². The maximum atomic E-state index is 12.1. The van der Waals surface area contributed by atoms with Gasteiger partial charge in [-0.05, 0) is 18.2 Å². The normalized spacial score (nSPS) is 10.1. The summed E-state index contributed by atoms with van der Waals surface area (Å²) < 4.78 is 0. The van der Waals surface area contributed by atoms with Gasteiger partial charge in [0.1, 0.15) is 5.69 Å². The molecule has 0 atom stereocenters. The Morgan fingerprint density at radius 3 is 2.52 bits per heavy atom. The Bertz CT molecular complexity index is 811. The molecule has 0 spiro atoms. The summed E-state index contributed by atoms with van der Waals surface area (Å²) >= 11 is 0. The molecule has 2 heterocycles. The van der Waals surface area contributed by atoms with Crippen molar-refractivity contribution in [2.45, 2.75) is 0 Å². The number of aromatic amines is 1. The van der Waals surface area contributed by atoms with Crippen LogP contribution in [0.4, 0.5) is 0 Å². The number of hydrogen-bond donors (Lipinski definition) is 3.